The lowest BCUT2D eigenvalue weighted by Gasteiger charge is -2.29. The van der Waals surface area contributed by atoms with Gasteiger partial charge in [-0.1, -0.05) is 23.7 Å². The van der Waals surface area contributed by atoms with Crippen LogP contribution in [0.15, 0.2) is 60.7 Å². The zero-order valence-corrected chi connectivity index (χ0v) is 20.1. The third-order valence-electron chi connectivity index (χ3n) is 6.20. The summed E-state index contributed by atoms with van der Waals surface area (Å²) < 4.78 is 43.2. The molecule has 1 aromatic heterocycles. The highest BCUT2D eigenvalue weighted by molar-refractivity contribution is 6.30. The minimum Gasteiger partial charge on any atom is -0.340 e. The van der Waals surface area contributed by atoms with Crippen molar-refractivity contribution in [3.8, 4) is 11.3 Å². The number of aryl methyl sites for hydroxylation is 1. The van der Waals surface area contributed by atoms with E-state index in [0.29, 0.717) is 47.2 Å². The molecule has 9 heteroatoms. The normalized spacial score (nSPS) is 13.0. The zero-order valence-electron chi connectivity index (χ0n) is 19.4. The molecule has 3 aromatic carbocycles. The smallest absolute Gasteiger partial charge is 0.227 e. The van der Waals surface area contributed by atoms with E-state index in [4.69, 9.17) is 16.6 Å². The standard InChI is InChI=1S/C27H22ClF3N4O/c1-16-12-17(2-9-22(16)30)13-25(36)34-10-11-35-24(15-34)33-26(18-3-5-19(29)6-4-18)27(35)32-20-7-8-21(28)23(31)14-20/h2-9,12,14,32H,10-11,13,15H2,1H3. The number of nitrogens with one attached hydrogen (secondary N) is 1. The Bertz CT molecular complexity index is 1450. The van der Waals surface area contributed by atoms with Crippen LogP contribution in [-0.4, -0.2) is 26.9 Å². The lowest BCUT2D eigenvalue weighted by molar-refractivity contribution is -0.132. The van der Waals surface area contributed by atoms with E-state index < -0.39 is 5.82 Å². The van der Waals surface area contributed by atoms with E-state index in [1.54, 1.807) is 42.2 Å². The van der Waals surface area contributed by atoms with Crippen molar-refractivity contribution in [2.75, 3.05) is 11.9 Å². The number of amides is 1. The number of carbonyl (C=O) groups is 1. The fourth-order valence-corrected chi connectivity index (χ4v) is 4.41. The first-order chi connectivity index (χ1) is 17.3. The zero-order chi connectivity index (χ0) is 25.4. The average molecular weight is 511 g/mol. The number of rotatable bonds is 5. The van der Waals surface area contributed by atoms with E-state index in [2.05, 4.69) is 5.32 Å². The second-order valence-corrected chi connectivity index (χ2v) is 9.12. The van der Waals surface area contributed by atoms with Crippen molar-refractivity contribution in [3.63, 3.8) is 0 Å². The molecule has 2 heterocycles. The van der Waals surface area contributed by atoms with Crippen LogP contribution in [0, 0.1) is 24.4 Å². The summed E-state index contributed by atoms with van der Waals surface area (Å²) >= 11 is 5.83. The molecule has 1 aliphatic heterocycles. The number of fused-ring (bicyclic) bond motifs is 1. The molecule has 184 valence electrons. The highest BCUT2D eigenvalue weighted by Gasteiger charge is 2.27. The SMILES string of the molecule is Cc1cc(CC(=O)N2CCn3c(nc(-c4ccc(F)cc4)c3Nc3ccc(Cl)c(F)c3)C2)ccc1F. The molecular formula is C27H22ClF3N4O. The van der Waals surface area contributed by atoms with Gasteiger partial charge in [-0.15, -0.1) is 0 Å². The number of benzene rings is 3. The van der Waals surface area contributed by atoms with Gasteiger partial charge in [0.15, 0.2) is 0 Å². The van der Waals surface area contributed by atoms with Gasteiger partial charge in [-0.05, 0) is 66.6 Å². The van der Waals surface area contributed by atoms with Crippen LogP contribution in [0.3, 0.4) is 0 Å². The molecule has 5 nitrogen and oxygen atoms in total. The van der Waals surface area contributed by atoms with Crippen LogP contribution in [0.4, 0.5) is 24.7 Å². The Morgan fingerprint density at radius 1 is 1.00 bits per heavy atom. The van der Waals surface area contributed by atoms with Gasteiger partial charge in [0.2, 0.25) is 5.91 Å². The summed E-state index contributed by atoms with van der Waals surface area (Å²) in [6.07, 6.45) is 0.155. The van der Waals surface area contributed by atoms with E-state index >= 15 is 0 Å². The molecule has 4 aromatic rings. The Morgan fingerprint density at radius 3 is 2.50 bits per heavy atom. The van der Waals surface area contributed by atoms with Gasteiger partial charge in [-0.3, -0.25) is 4.79 Å². The number of imidazole rings is 1. The van der Waals surface area contributed by atoms with E-state index in [-0.39, 0.29) is 35.5 Å². The maximum atomic E-state index is 14.1. The lowest BCUT2D eigenvalue weighted by atomic mass is 10.1. The third kappa shape index (κ3) is 4.81. The van der Waals surface area contributed by atoms with Gasteiger partial charge in [-0.2, -0.15) is 0 Å². The molecule has 36 heavy (non-hydrogen) atoms. The van der Waals surface area contributed by atoms with Gasteiger partial charge in [0.05, 0.1) is 18.0 Å². The molecule has 0 atom stereocenters. The molecule has 0 radical (unpaired) electrons. The van der Waals surface area contributed by atoms with Crippen LogP contribution >= 0.6 is 11.6 Å². The number of hydrogen-bond donors (Lipinski definition) is 1. The fraction of sp³-hybridized carbons (Fsp3) is 0.185. The Morgan fingerprint density at radius 2 is 1.78 bits per heavy atom. The Hall–Kier alpha value is -3.78. The summed E-state index contributed by atoms with van der Waals surface area (Å²) in [4.78, 5) is 19.5. The molecule has 0 saturated carbocycles. The van der Waals surface area contributed by atoms with Crippen molar-refractivity contribution in [1.82, 2.24) is 14.5 Å². The maximum absolute atomic E-state index is 14.1. The van der Waals surface area contributed by atoms with Gasteiger partial charge >= 0.3 is 0 Å². The maximum Gasteiger partial charge on any atom is 0.227 e. The highest BCUT2D eigenvalue weighted by Crippen LogP contribution is 2.34. The van der Waals surface area contributed by atoms with Crippen LogP contribution in [0.1, 0.15) is 17.0 Å². The average Bonchev–Trinajstić information content (AvgIpc) is 3.21. The molecule has 1 N–H and O–H groups in total. The molecule has 0 bridgehead atoms. The van der Waals surface area contributed by atoms with E-state index in [9.17, 15) is 18.0 Å². The van der Waals surface area contributed by atoms with Crippen LogP contribution < -0.4 is 5.32 Å². The summed E-state index contributed by atoms with van der Waals surface area (Å²) in [5.41, 5.74) is 2.95. The predicted molar refractivity (Wildman–Crippen MR) is 133 cm³/mol. The number of aromatic nitrogens is 2. The molecular weight excluding hydrogens is 489 g/mol. The minimum absolute atomic E-state index is 0.0140. The first-order valence-corrected chi connectivity index (χ1v) is 11.8. The van der Waals surface area contributed by atoms with Crippen molar-refractivity contribution < 1.29 is 18.0 Å². The third-order valence-corrected chi connectivity index (χ3v) is 6.51. The number of anilines is 2. The van der Waals surface area contributed by atoms with Crippen LogP contribution in [-0.2, 0) is 24.3 Å². The quantitative estimate of drug-likeness (QED) is 0.345. The van der Waals surface area contributed by atoms with Gasteiger partial charge in [0.25, 0.3) is 0 Å². The van der Waals surface area contributed by atoms with Gasteiger partial charge < -0.3 is 14.8 Å². The Labute approximate surface area is 211 Å². The predicted octanol–water partition coefficient (Wildman–Crippen LogP) is 6.26. The fourth-order valence-electron chi connectivity index (χ4n) is 4.29. The molecule has 0 spiro atoms. The van der Waals surface area contributed by atoms with Crippen LogP contribution in [0.5, 0.6) is 0 Å². The second kappa shape index (κ2) is 9.70. The number of halogens is 4. The van der Waals surface area contributed by atoms with Gasteiger partial charge in [0.1, 0.15) is 34.8 Å². The molecule has 1 aliphatic rings. The second-order valence-electron chi connectivity index (χ2n) is 8.71. The van der Waals surface area contributed by atoms with E-state index in [1.807, 2.05) is 4.57 Å². The Balaban J connectivity index is 1.45. The van der Waals surface area contributed by atoms with Gasteiger partial charge in [0, 0.05) is 24.3 Å². The summed E-state index contributed by atoms with van der Waals surface area (Å²) in [5.74, 6) is -0.0743. The van der Waals surface area contributed by atoms with E-state index in [1.165, 1.54) is 30.3 Å². The van der Waals surface area contributed by atoms with Crippen molar-refractivity contribution >= 4 is 29.0 Å². The molecule has 0 aliphatic carbocycles. The molecule has 0 unspecified atom stereocenters. The van der Waals surface area contributed by atoms with Crippen LogP contribution in [0.2, 0.25) is 5.02 Å². The monoisotopic (exact) mass is 510 g/mol. The molecule has 1 amide bonds. The summed E-state index contributed by atoms with van der Waals surface area (Å²) in [5, 5.41) is 3.24. The van der Waals surface area contributed by atoms with Crippen molar-refractivity contribution in [3.05, 3.63) is 100 Å². The summed E-state index contributed by atoms with van der Waals surface area (Å²) in [6, 6.07) is 15.0. The summed E-state index contributed by atoms with van der Waals surface area (Å²) in [6.45, 7) is 2.83. The molecule has 0 saturated heterocycles. The van der Waals surface area contributed by atoms with Crippen molar-refractivity contribution in [1.29, 1.82) is 0 Å². The molecule has 0 fully saturated rings. The molecule has 5 rings (SSSR count). The number of nitrogens with zero attached hydrogens (tertiary/aromatic N) is 3. The first kappa shape index (κ1) is 23.9. The van der Waals surface area contributed by atoms with E-state index in [0.717, 1.165) is 5.56 Å². The highest BCUT2D eigenvalue weighted by atomic mass is 35.5. The van der Waals surface area contributed by atoms with Crippen LogP contribution in [0.25, 0.3) is 11.3 Å². The lowest BCUT2D eigenvalue weighted by Crippen LogP contribution is -2.39. The first-order valence-electron chi connectivity index (χ1n) is 11.4. The largest absolute Gasteiger partial charge is 0.340 e. The van der Waals surface area contributed by atoms with Crippen molar-refractivity contribution in [2.45, 2.75) is 26.4 Å². The van der Waals surface area contributed by atoms with Gasteiger partial charge in [-0.25, -0.2) is 18.2 Å². The minimum atomic E-state index is -0.559. The van der Waals surface area contributed by atoms with Crippen molar-refractivity contribution in [2.24, 2.45) is 0 Å². The Kier molecular flexibility index (Phi) is 6.45. The summed E-state index contributed by atoms with van der Waals surface area (Å²) in [7, 11) is 0. The number of carbonyl (C=O) groups excluding carboxylic acids is 1. The number of hydrogen-bond acceptors (Lipinski definition) is 3. The topological polar surface area (TPSA) is 50.2 Å².